The molecule has 2 N–H and O–H groups in total. The molecule has 1 saturated carbocycles. The summed E-state index contributed by atoms with van der Waals surface area (Å²) in [6.45, 7) is 8.07. The van der Waals surface area contributed by atoms with Gasteiger partial charge in [-0.25, -0.2) is 4.79 Å². The van der Waals surface area contributed by atoms with Gasteiger partial charge < -0.3 is 24.5 Å². The fraction of sp³-hybridized carbons (Fsp3) is 0.355. The Bertz CT molecular complexity index is 1590. The molecule has 1 aliphatic carbocycles. The topological polar surface area (TPSA) is 89.7 Å². The number of aromatic amines is 1. The molecule has 0 radical (unpaired) electrons. The minimum Gasteiger partial charge on any atom is -0.496 e. The monoisotopic (exact) mass is 514 g/mol. The minimum absolute atomic E-state index is 0.0832. The van der Waals surface area contributed by atoms with E-state index in [2.05, 4.69) is 34.6 Å². The first-order chi connectivity index (χ1) is 18.1. The predicted octanol–water partition coefficient (Wildman–Crippen LogP) is 6.23. The number of benzene rings is 3. The van der Waals surface area contributed by atoms with Crippen molar-refractivity contribution in [2.24, 2.45) is 0 Å². The first-order valence-electron chi connectivity index (χ1n) is 12.8. The van der Waals surface area contributed by atoms with Crippen LogP contribution in [0.15, 0.2) is 53.3 Å². The standard InChI is InChI=1S/C31H34N2O5/c1-18-16-23(37-6)24(26-21-8-7-9-22(36-5)25(21)28(34)33-27(18)26)19-10-12-20(13-11-19)31(14-15-31)17-32-29(35)38-30(2,3)4/h7-13,16H,14-15,17H2,1-6H3,(H,32,35)(H,33,34). The van der Waals surface area contributed by atoms with Gasteiger partial charge in [0.25, 0.3) is 5.56 Å². The highest BCUT2D eigenvalue weighted by molar-refractivity contribution is 6.16. The molecule has 1 fully saturated rings. The SMILES string of the molecule is COc1cc(C)c2[nH]c(=O)c3c(OC)cccc3c2c1-c1ccc(C2(CNC(=O)OC(C)(C)C)CC2)cc1. The summed E-state index contributed by atoms with van der Waals surface area (Å²) in [5.41, 5.74) is 3.95. The Morgan fingerprint density at radius 3 is 2.29 bits per heavy atom. The summed E-state index contributed by atoms with van der Waals surface area (Å²) >= 11 is 0. The molecule has 1 amide bonds. The van der Waals surface area contributed by atoms with Gasteiger partial charge in [-0.15, -0.1) is 0 Å². The maximum absolute atomic E-state index is 13.1. The number of aromatic nitrogens is 1. The van der Waals surface area contributed by atoms with Crippen LogP contribution in [0.25, 0.3) is 32.8 Å². The molecule has 5 rings (SSSR count). The Morgan fingerprint density at radius 1 is 1.00 bits per heavy atom. The van der Waals surface area contributed by atoms with Crippen LogP contribution in [0.4, 0.5) is 4.79 Å². The third-order valence-corrected chi connectivity index (χ3v) is 7.30. The maximum atomic E-state index is 13.1. The number of carbonyl (C=O) groups excluding carboxylic acids is 1. The van der Waals surface area contributed by atoms with Crippen LogP contribution in [0.3, 0.4) is 0 Å². The quantitative estimate of drug-likeness (QED) is 0.298. The molecule has 4 aromatic rings. The summed E-state index contributed by atoms with van der Waals surface area (Å²) in [6.07, 6.45) is 1.61. The van der Waals surface area contributed by atoms with Crippen LogP contribution < -0.4 is 20.3 Å². The van der Waals surface area contributed by atoms with Crippen molar-refractivity contribution in [2.45, 2.75) is 51.6 Å². The van der Waals surface area contributed by atoms with Gasteiger partial charge in [0.05, 0.1) is 25.1 Å². The van der Waals surface area contributed by atoms with Crippen molar-refractivity contribution in [2.75, 3.05) is 20.8 Å². The van der Waals surface area contributed by atoms with Crippen LogP contribution in [0.2, 0.25) is 0 Å². The van der Waals surface area contributed by atoms with Crippen molar-refractivity contribution in [3.8, 4) is 22.6 Å². The number of rotatable bonds is 6. The normalized spacial score (nSPS) is 14.4. The van der Waals surface area contributed by atoms with E-state index < -0.39 is 11.7 Å². The van der Waals surface area contributed by atoms with E-state index in [0.29, 0.717) is 17.7 Å². The average Bonchev–Trinajstić information content (AvgIpc) is 3.68. The number of hydrogen-bond acceptors (Lipinski definition) is 5. The second-order valence-electron chi connectivity index (χ2n) is 11.1. The van der Waals surface area contributed by atoms with Crippen LogP contribution >= 0.6 is 0 Å². The summed E-state index contributed by atoms with van der Waals surface area (Å²) in [5.74, 6) is 1.26. The molecule has 38 heavy (non-hydrogen) atoms. The lowest BCUT2D eigenvalue weighted by molar-refractivity contribution is 0.0522. The number of pyridine rings is 1. The average molecular weight is 515 g/mol. The Hall–Kier alpha value is -4.00. The van der Waals surface area contributed by atoms with Crippen molar-refractivity contribution < 1.29 is 19.0 Å². The summed E-state index contributed by atoms with van der Waals surface area (Å²) in [5, 5.41) is 5.18. The Labute approximate surface area is 222 Å². The fourth-order valence-electron chi connectivity index (χ4n) is 5.25. The zero-order chi connectivity index (χ0) is 27.2. The minimum atomic E-state index is -0.531. The molecule has 1 aliphatic rings. The number of carbonyl (C=O) groups is 1. The van der Waals surface area contributed by atoms with E-state index in [4.69, 9.17) is 14.2 Å². The van der Waals surface area contributed by atoms with Gasteiger partial charge in [-0.05, 0) is 69.4 Å². The number of hydrogen-bond donors (Lipinski definition) is 2. The van der Waals surface area contributed by atoms with Crippen molar-refractivity contribution in [1.29, 1.82) is 0 Å². The summed E-state index contributed by atoms with van der Waals surface area (Å²) < 4.78 is 16.8. The number of nitrogens with one attached hydrogen (secondary N) is 2. The first-order valence-corrected chi connectivity index (χ1v) is 12.8. The van der Waals surface area contributed by atoms with Crippen molar-refractivity contribution in [1.82, 2.24) is 10.3 Å². The van der Waals surface area contributed by atoms with Gasteiger partial charge in [0.1, 0.15) is 17.1 Å². The molecule has 0 atom stereocenters. The lowest BCUT2D eigenvalue weighted by atomic mass is 9.90. The van der Waals surface area contributed by atoms with E-state index in [9.17, 15) is 9.59 Å². The van der Waals surface area contributed by atoms with Crippen molar-refractivity contribution >= 4 is 27.8 Å². The molecule has 0 unspecified atom stereocenters. The third kappa shape index (κ3) is 4.57. The summed E-state index contributed by atoms with van der Waals surface area (Å²) in [4.78, 5) is 28.4. The van der Waals surface area contributed by atoms with Gasteiger partial charge in [-0.1, -0.05) is 36.4 Å². The van der Waals surface area contributed by atoms with Crippen LogP contribution in [0.1, 0.15) is 44.7 Å². The third-order valence-electron chi connectivity index (χ3n) is 7.30. The van der Waals surface area contributed by atoms with Crippen molar-refractivity contribution in [3.63, 3.8) is 0 Å². The van der Waals surface area contributed by atoms with Crippen LogP contribution in [0, 0.1) is 6.92 Å². The fourth-order valence-corrected chi connectivity index (χ4v) is 5.25. The number of aryl methyl sites for hydroxylation is 1. The van der Waals surface area contributed by atoms with Crippen LogP contribution in [-0.2, 0) is 10.2 Å². The van der Waals surface area contributed by atoms with Gasteiger partial charge in [0.2, 0.25) is 0 Å². The Morgan fingerprint density at radius 2 is 1.68 bits per heavy atom. The number of H-pyrrole nitrogens is 1. The molecule has 0 saturated heterocycles. The van der Waals surface area contributed by atoms with E-state index in [1.165, 1.54) is 5.56 Å². The van der Waals surface area contributed by atoms with Gasteiger partial charge in [-0.2, -0.15) is 0 Å². The molecule has 0 spiro atoms. The number of alkyl carbamates (subject to hydrolysis) is 1. The number of methoxy groups -OCH3 is 2. The number of ether oxygens (including phenoxy) is 3. The highest BCUT2D eigenvalue weighted by atomic mass is 16.6. The van der Waals surface area contributed by atoms with Gasteiger partial charge in [0, 0.05) is 28.3 Å². The van der Waals surface area contributed by atoms with Crippen LogP contribution in [-0.4, -0.2) is 37.4 Å². The summed E-state index contributed by atoms with van der Waals surface area (Å²) in [7, 11) is 3.23. The highest BCUT2D eigenvalue weighted by Gasteiger charge is 2.44. The maximum Gasteiger partial charge on any atom is 0.407 e. The molecule has 7 heteroatoms. The van der Waals surface area contributed by atoms with E-state index in [1.807, 2.05) is 45.9 Å². The lowest BCUT2D eigenvalue weighted by Crippen LogP contribution is -2.37. The van der Waals surface area contributed by atoms with E-state index >= 15 is 0 Å². The molecular weight excluding hydrogens is 480 g/mol. The first kappa shape index (κ1) is 25.6. The molecule has 0 aliphatic heterocycles. The molecule has 3 aromatic carbocycles. The second-order valence-corrected chi connectivity index (χ2v) is 11.1. The zero-order valence-electron chi connectivity index (χ0n) is 22.8. The molecule has 1 heterocycles. The predicted molar refractivity (Wildman–Crippen MR) is 151 cm³/mol. The molecule has 0 bridgehead atoms. The molecule has 1 aromatic heterocycles. The molecule has 7 nitrogen and oxygen atoms in total. The smallest absolute Gasteiger partial charge is 0.407 e. The lowest BCUT2D eigenvalue weighted by Gasteiger charge is -2.22. The zero-order valence-corrected chi connectivity index (χ0v) is 22.8. The van der Waals surface area contributed by atoms with Gasteiger partial charge >= 0.3 is 6.09 Å². The van der Waals surface area contributed by atoms with E-state index in [1.54, 1.807) is 20.3 Å². The van der Waals surface area contributed by atoms with E-state index in [-0.39, 0.29) is 11.0 Å². The Kier molecular flexibility index (Phi) is 6.33. The number of amides is 1. The number of fused-ring (bicyclic) bond motifs is 3. The van der Waals surface area contributed by atoms with Crippen molar-refractivity contribution in [3.05, 3.63) is 70.0 Å². The van der Waals surface area contributed by atoms with Crippen LogP contribution in [0.5, 0.6) is 11.5 Å². The summed E-state index contributed by atoms with van der Waals surface area (Å²) in [6, 6.07) is 16.0. The highest BCUT2D eigenvalue weighted by Crippen LogP contribution is 2.49. The van der Waals surface area contributed by atoms with Gasteiger partial charge in [0.15, 0.2) is 0 Å². The molecular formula is C31H34N2O5. The second kappa shape index (κ2) is 9.39. The Balaban J connectivity index is 1.58. The largest absolute Gasteiger partial charge is 0.496 e. The molecule has 198 valence electrons. The van der Waals surface area contributed by atoms with Gasteiger partial charge in [-0.3, -0.25) is 4.79 Å². The van der Waals surface area contributed by atoms with E-state index in [0.717, 1.165) is 51.6 Å².